The molecule has 0 aromatic heterocycles. The first-order valence-electron chi connectivity index (χ1n) is 7.04. The normalized spacial score (nSPS) is 11.3. The van der Waals surface area contributed by atoms with Crippen LogP contribution in [0.25, 0.3) is 0 Å². The predicted molar refractivity (Wildman–Crippen MR) is 87.6 cm³/mol. The summed E-state index contributed by atoms with van der Waals surface area (Å²) in [6.07, 6.45) is 0.817. The van der Waals surface area contributed by atoms with E-state index in [4.69, 9.17) is 21.1 Å². The van der Waals surface area contributed by atoms with Crippen LogP contribution in [-0.2, 0) is 11.2 Å². The minimum atomic E-state index is 0.612. The Bertz CT molecular complexity index is 453. The number of hydrogen-bond donors (Lipinski definition) is 2. The quantitative estimate of drug-likeness (QED) is 0.438. The van der Waals surface area contributed by atoms with Gasteiger partial charge in [-0.25, -0.2) is 0 Å². The van der Waals surface area contributed by atoms with Crippen molar-refractivity contribution < 1.29 is 9.47 Å². The maximum absolute atomic E-state index is 6.22. The van der Waals surface area contributed by atoms with Crippen molar-refractivity contribution >= 4 is 17.6 Å². The Kier molecular flexibility index (Phi) is 8.62. The van der Waals surface area contributed by atoms with E-state index >= 15 is 0 Å². The Balaban J connectivity index is 2.47. The van der Waals surface area contributed by atoms with E-state index < -0.39 is 0 Å². The number of benzene rings is 1. The van der Waals surface area contributed by atoms with E-state index in [1.807, 2.05) is 25.1 Å². The molecule has 0 amide bonds. The molecule has 6 heteroatoms. The summed E-state index contributed by atoms with van der Waals surface area (Å²) in [5, 5.41) is 7.19. The number of methoxy groups -OCH3 is 2. The van der Waals surface area contributed by atoms with E-state index in [-0.39, 0.29) is 0 Å². The van der Waals surface area contributed by atoms with Crippen molar-refractivity contribution in [3.8, 4) is 5.75 Å². The molecule has 0 saturated carbocycles. The van der Waals surface area contributed by atoms with Crippen molar-refractivity contribution in [1.82, 2.24) is 10.6 Å². The maximum Gasteiger partial charge on any atom is 0.191 e. The fraction of sp³-hybridized carbons (Fsp3) is 0.533. The summed E-state index contributed by atoms with van der Waals surface area (Å²) in [5.74, 6) is 1.56. The Morgan fingerprint density at radius 2 is 2.10 bits per heavy atom. The molecule has 0 unspecified atom stereocenters. The van der Waals surface area contributed by atoms with Crippen molar-refractivity contribution in [3.05, 3.63) is 28.8 Å². The molecule has 0 atom stereocenters. The van der Waals surface area contributed by atoms with Gasteiger partial charge in [-0.3, -0.25) is 4.99 Å². The molecule has 0 aliphatic rings. The van der Waals surface area contributed by atoms with Crippen LogP contribution in [0, 0.1) is 0 Å². The number of rotatable bonds is 8. The van der Waals surface area contributed by atoms with Gasteiger partial charge in [-0.1, -0.05) is 17.7 Å². The summed E-state index contributed by atoms with van der Waals surface area (Å²) in [4.78, 5) is 4.40. The van der Waals surface area contributed by atoms with E-state index in [0.29, 0.717) is 13.2 Å². The van der Waals surface area contributed by atoms with E-state index in [1.165, 1.54) is 0 Å². The third-order valence-corrected chi connectivity index (χ3v) is 3.21. The van der Waals surface area contributed by atoms with Crippen molar-refractivity contribution in [3.63, 3.8) is 0 Å². The van der Waals surface area contributed by atoms with E-state index in [2.05, 4.69) is 15.6 Å². The lowest BCUT2D eigenvalue weighted by Crippen LogP contribution is -2.38. The van der Waals surface area contributed by atoms with Gasteiger partial charge in [0.1, 0.15) is 5.75 Å². The molecule has 0 aliphatic carbocycles. The van der Waals surface area contributed by atoms with Crippen LogP contribution in [0.2, 0.25) is 5.02 Å². The number of nitrogens with zero attached hydrogens (tertiary/aromatic N) is 1. The zero-order chi connectivity index (χ0) is 15.5. The Labute approximate surface area is 131 Å². The Morgan fingerprint density at radius 3 is 2.71 bits per heavy atom. The SMILES string of the molecule is CCNC(=NCCOC)NCCc1ccc(OC)cc1Cl. The fourth-order valence-electron chi connectivity index (χ4n) is 1.76. The van der Waals surface area contributed by atoms with Gasteiger partial charge in [0.25, 0.3) is 0 Å². The molecule has 0 spiro atoms. The van der Waals surface area contributed by atoms with Crippen LogP contribution in [0.5, 0.6) is 5.75 Å². The van der Waals surface area contributed by atoms with Crippen LogP contribution in [-0.4, -0.2) is 46.4 Å². The highest BCUT2D eigenvalue weighted by molar-refractivity contribution is 6.31. The van der Waals surface area contributed by atoms with Gasteiger partial charge in [0.2, 0.25) is 0 Å². The van der Waals surface area contributed by atoms with Crippen LogP contribution in [0.4, 0.5) is 0 Å². The Hall–Kier alpha value is -1.46. The average molecular weight is 314 g/mol. The number of halogens is 1. The van der Waals surface area contributed by atoms with Gasteiger partial charge in [0.15, 0.2) is 5.96 Å². The summed E-state index contributed by atoms with van der Waals surface area (Å²) >= 11 is 6.22. The van der Waals surface area contributed by atoms with Gasteiger partial charge in [-0.15, -0.1) is 0 Å². The summed E-state index contributed by atoms with van der Waals surface area (Å²) in [5.41, 5.74) is 1.08. The molecule has 0 fully saturated rings. The first-order valence-corrected chi connectivity index (χ1v) is 7.42. The van der Waals surface area contributed by atoms with Crippen LogP contribution >= 0.6 is 11.6 Å². The third kappa shape index (κ3) is 6.69. The summed E-state index contributed by atoms with van der Waals surface area (Å²) in [6, 6.07) is 5.73. The van der Waals surface area contributed by atoms with E-state index in [0.717, 1.165) is 41.8 Å². The van der Waals surface area contributed by atoms with Crippen LogP contribution in [0.1, 0.15) is 12.5 Å². The van der Waals surface area contributed by atoms with E-state index in [1.54, 1.807) is 14.2 Å². The maximum atomic E-state index is 6.22. The molecule has 1 rings (SSSR count). The van der Waals surface area contributed by atoms with Crippen LogP contribution < -0.4 is 15.4 Å². The minimum absolute atomic E-state index is 0.612. The lowest BCUT2D eigenvalue weighted by molar-refractivity contribution is 0.208. The lowest BCUT2D eigenvalue weighted by Gasteiger charge is -2.12. The number of ether oxygens (including phenoxy) is 2. The molecule has 0 saturated heterocycles. The van der Waals surface area contributed by atoms with Crippen molar-refractivity contribution in [2.24, 2.45) is 4.99 Å². The molecule has 21 heavy (non-hydrogen) atoms. The number of nitrogens with one attached hydrogen (secondary N) is 2. The lowest BCUT2D eigenvalue weighted by atomic mass is 10.1. The van der Waals surface area contributed by atoms with Crippen LogP contribution in [0.15, 0.2) is 23.2 Å². The first-order chi connectivity index (χ1) is 10.2. The second-order valence-electron chi connectivity index (χ2n) is 4.39. The van der Waals surface area contributed by atoms with Crippen molar-refractivity contribution in [2.75, 3.05) is 40.5 Å². The van der Waals surface area contributed by atoms with Crippen LogP contribution in [0.3, 0.4) is 0 Å². The molecule has 1 aromatic carbocycles. The van der Waals surface area contributed by atoms with Gasteiger partial charge in [0.05, 0.1) is 20.3 Å². The van der Waals surface area contributed by atoms with Crippen molar-refractivity contribution in [2.45, 2.75) is 13.3 Å². The van der Waals surface area contributed by atoms with Gasteiger partial charge >= 0.3 is 0 Å². The number of guanidine groups is 1. The second kappa shape index (κ2) is 10.3. The molecule has 5 nitrogen and oxygen atoms in total. The molecule has 0 radical (unpaired) electrons. The molecule has 2 N–H and O–H groups in total. The second-order valence-corrected chi connectivity index (χ2v) is 4.79. The standard InChI is InChI=1S/C15H24ClN3O2/c1-4-17-15(19-9-10-20-2)18-8-7-12-5-6-13(21-3)11-14(12)16/h5-6,11H,4,7-10H2,1-3H3,(H2,17,18,19). The third-order valence-electron chi connectivity index (χ3n) is 2.86. The topological polar surface area (TPSA) is 54.9 Å². The summed E-state index contributed by atoms with van der Waals surface area (Å²) in [7, 11) is 3.30. The predicted octanol–water partition coefficient (Wildman–Crippen LogP) is 2.09. The molecule has 0 heterocycles. The van der Waals surface area contributed by atoms with Crippen molar-refractivity contribution in [1.29, 1.82) is 0 Å². The monoisotopic (exact) mass is 313 g/mol. The molecule has 0 aliphatic heterocycles. The first kappa shape index (κ1) is 17.6. The van der Waals surface area contributed by atoms with E-state index in [9.17, 15) is 0 Å². The highest BCUT2D eigenvalue weighted by Gasteiger charge is 2.03. The highest BCUT2D eigenvalue weighted by atomic mass is 35.5. The zero-order valence-electron chi connectivity index (χ0n) is 12.9. The Morgan fingerprint density at radius 1 is 1.29 bits per heavy atom. The zero-order valence-corrected chi connectivity index (χ0v) is 13.7. The summed E-state index contributed by atoms with van der Waals surface area (Å²) < 4.78 is 10.1. The van der Waals surface area contributed by atoms with Gasteiger partial charge in [-0.2, -0.15) is 0 Å². The molecular formula is C15H24ClN3O2. The number of hydrogen-bond acceptors (Lipinski definition) is 3. The largest absolute Gasteiger partial charge is 0.497 e. The fourth-order valence-corrected chi connectivity index (χ4v) is 2.03. The molecule has 0 bridgehead atoms. The summed E-state index contributed by atoms with van der Waals surface area (Å²) in [6.45, 7) is 4.86. The molecule has 1 aromatic rings. The average Bonchev–Trinajstić information content (AvgIpc) is 2.49. The minimum Gasteiger partial charge on any atom is -0.497 e. The highest BCUT2D eigenvalue weighted by Crippen LogP contribution is 2.22. The van der Waals surface area contributed by atoms with Gasteiger partial charge in [-0.05, 0) is 31.0 Å². The molecular weight excluding hydrogens is 290 g/mol. The van der Waals surface area contributed by atoms with Gasteiger partial charge < -0.3 is 20.1 Å². The number of aliphatic imine (C=N–C) groups is 1. The smallest absolute Gasteiger partial charge is 0.191 e. The molecule has 118 valence electrons. The van der Waals surface area contributed by atoms with Gasteiger partial charge in [0, 0.05) is 25.2 Å².